The summed E-state index contributed by atoms with van der Waals surface area (Å²) in [6, 6.07) is 65.7. The van der Waals surface area contributed by atoms with Crippen LogP contribution in [0.5, 0.6) is 0 Å². The van der Waals surface area contributed by atoms with Gasteiger partial charge in [-0.25, -0.2) is 15.0 Å². The van der Waals surface area contributed by atoms with E-state index in [4.69, 9.17) is 19.4 Å². The van der Waals surface area contributed by atoms with Gasteiger partial charge in [0.1, 0.15) is 11.2 Å². The number of hydrogen-bond donors (Lipinski definition) is 0. The first-order valence-corrected chi connectivity index (χ1v) is 19.5. The summed E-state index contributed by atoms with van der Waals surface area (Å²) in [7, 11) is 0. The predicted octanol–water partition coefficient (Wildman–Crippen LogP) is 14.1. The van der Waals surface area contributed by atoms with Gasteiger partial charge in [-0.3, -0.25) is 0 Å². The lowest BCUT2D eigenvalue weighted by atomic mass is 9.97. The van der Waals surface area contributed by atoms with Crippen molar-refractivity contribution in [3.8, 4) is 67.5 Å². The average molecular weight is 734 g/mol. The van der Waals surface area contributed by atoms with E-state index in [1.54, 1.807) is 0 Å². The summed E-state index contributed by atoms with van der Waals surface area (Å²) in [4.78, 5) is 15.0. The molecule has 0 N–H and O–H groups in total. The summed E-state index contributed by atoms with van der Waals surface area (Å²) < 4.78 is 9.09. The zero-order valence-electron chi connectivity index (χ0n) is 30.1. The Morgan fingerprint density at radius 2 is 0.857 bits per heavy atom. The zero-order valence-corrected chi connectivity index (χ0v) is 30.9. The van der Waals surface area contributed by atoms with Crippen LogP contribution in [0.1, 0.15) is 0 Å². The van der Waals surface area contributed by atoms with Gasteiger partial charge < -0.3 is 4.42 Å². The Balaban J connectivity index is 0.989. The SMILES string of the molecule is c1ccc(-c2ccc(-c3nc(-c4ccccc4)nc(-c4ccc5c(c4)oc4ccc(-c6cccc7sc8cc(-c9ccccc9)ccc8c67)cc45)n3)cc2)cc1. The highest BCUT2D eigenvalue weighted by Crippen LogP contribution is 2.43. The van der Waals surface area contributed by atoms with Gasteiger partial charge in [-0.15, -0.1) is 11.3 Å². The third-order valence-electron chi connectivity index (χ3n) is 10.6. The van der Waals surface area contributed by atoms with E-state index in [-0.39, 0.29) is 0 Å². The van der Waals surface area contributed by atoms with E-state index in [0.29, 0.717) is 17.5 Å². The highest BCUT2D eigenvalue weighted by atomic mass is 32.1. The first kappa shape index (κ1) is 32.2. The number of nitrogens with zero attached hydrogens (tertiary/aromatic N) is 3. The van der Waals surface area contributed by atoms with Crippen molar-refractivity contribution < 1.29 is 4.42 Å². The molecule has 0 spiro atoms. The molecule has 0 aliphatic heterocycles. The zero-order chi connectivity index (χ0) is 37.0. The summed E-state index contributed by atoms with van der Waals surface area (Å²) in [5.41, 5.74) is 11.5. The number of thiophene rings is 1. The molecule has 3 heterocycles. The molecule has 0 amide bonds. The van der Waals surface area contributed by atoms with E-state index < -0.39 is 0 Å². The molecule has 8 aromatic carbocycles. The Morgan fingerprint density at radius 1 is 0.321 bits per heavy atom. The summed E-state index contributed by atoms with van der Waals surface area (Å²) in [6.07, 6.45) is 0. The second kappa shape index (κ2) is 13.3. The monoisotopic (exact) mass is 733 g/mol. The molecule has 0 fully saturated rings. The van der Waals surface area contributed by atoms with Gasteiger partial charge in [0.05, 0.1) is 0 Å². The van der Waals surface area contributed by atoms with Crippen LogP contribution < -0.4 is 0 Å². The maximum absolute atomic E-state index is 6.52. The Hall–Kier alpha value is -7.21. The van der Waals surface area contributed by atoms with Crippen molar-refractivity contribution in [2.45, 2.75) is 0 Å². The second-order valence-electron chi connectivity index (χ2n) is 14.0. The van der Waals surface area contributed by atoms with Crippen LogP contribution in [0.3, 0.4) is 0 Å². The third-order valence-corrected chi connectivity index (χ3v) is 11.7. The summed E-state index contributed by atoms with van der Waals surface area (Å²) >= 11 is 1.85. The number of furan rings is 1. The van der Waals surface area contributed by atoms with E-state index in [1.807, 2.05) is 47.7 Å². The van der Waals surface area contributed by atoms with Crippen LogP contribution in [0.15, 0.2) is 192 Å². The molecule has 0 bridgehead atoms. The van der Waals surface area contributed by atoms with Gasteiger partial charge in [-0.1, -0.05) is 152 Å². The quantitative estimate of drug-likeness (QED) is 0.171. The molecule has 3 aromatic heterocycles. The van der Waals surface area contributed by atoms with Gasteiger partial charge in [0, 0.05) is 47.6 Å². The van der Waals surface area contributed by atoms with Crippen LogP contribution in [-0.4, -0.2) is 15.0 Å². The van der Waals surface area contributed by atoms with E-state index in [1.165, 1.54) is 42.4 Å². The third kappa shape index (κ3) is 5.65. The molecule has 4 nitrogen and oxygen atoms in total. The lowest BCUT2D eigenvalue weighted by molar-refractivity contribution is 0.669. The Bertz CT molecular complexity index is 3230. The molecular weight excluding hydrogens is 703 g/mol. The van der Waals surface area contributed by atoms with Crippen molar-refractivity contribution in [2.75, 3.05) is 0 Å². The highest BCUT2D eigenvalue weighted by Gasteiger charge is 2.17. The van der Waals surface area contributed by atoms with E-state index in [9.17, 15) is 0 Å². The highest BCUT2D eigenvalue weighted by molar-refractivity contribution is 7.26. The normalized spacial score (nSPS) is 11.6. The summed E-state index contributed by atoms with van der Waals surface area (Å²) in [6.45, 7) is 0. The van der Waals surface area contributed by atoms with Crippen molar-refractivity contribution in [1.82, 2.24) is 15.0 Å². The largest absolute Gasteiger partial charge is 0.456 e. The lowest BCUT2D eigenvalue weighted by Crippen LogP contribution is -2.00. The maximum Gasteiger partial charge on any atom is 0.164 e. The van der Waals surface area contributed by atoms with Crippen molar-refractivity contribution >= 4 is 53.4 Å². The molecule has 11 aromatic rings. The van der Waals surface area contributed by atoms with Gasteiger partial charge in [0.2, 0.25) is 0 Å². The van der Waals surface area contributed by atoms with Crippen LogP contribution >= 0.6 is 11.3 Å². The van der Waals surface area contributed by atoms with Crippen LogP contribution in [0.25, 0.3) is 110 Å². The van der Waals surface area contributed by atoms with Gasteiger partial charge in [-0.05, 0) is 69.8 Å². The molecule has 11 rings (SSSR count). The Kier molecular flexibility index (Phi) is 7.64. The van der Waals surface area contributed by atoms with Crippen molar-refractivity contribution in [3.63, 3.8) is 0 Å². The fourth-order valence-electron chi connectivity index (χ4n) is 7.75. The molecule has 0 radical (unpaired) electrons. The topological polar surface area (TPSA) is 51.8 Å². The standard InChI is InChI=1S/C51H31N3OS/c1-4-11-32(12-5-1)34-19-21-36(22-20-34)50-52-49(35-15-8-3-9-16-35)53-51(54-50)39-24-26-41-43-29-38(25-28-44(43)55-45(41)30-39)40-17-10-18-46-48(40)42-27-23-37(31-47(42)56-46)33-13-6-2-7-14-33/h1-31H. The van der Waals surface area contributed by atoms with Crippen LogP contribution in [-0.2, 0) is 0 Å². The molecule has 56 heavy (non-hydrogen) atoms. The van der Waals surface area contributed by atoms with E-state index in [0.717, 1.165) is 49.8 Å². The van der Waals surface area contributed by atoms with E-state index in [2.05, 4.69) is 152 Å². The van der Waals surface area contributed by atoms with Crippen molar-refractivity contribution in [1.29, 1.82) is 0 Å². The van der Waals surface area contributed by atoms with Crippen molar-refractivity contribution in [3.05, 3.63) is 188 Å². The number of aromatic nitrogens is 3. The fraction of sp³-hybridized carbons (Fsp3) is 0. The molecule has 0 aliphatic carbocycles. The van der Waals surface area contributed by atoms with Gasteiger partial charge in [0.25, 0.3) is 0 Å². The predicted molar refractivity (Wildman–Crippen MR) is 233 cm³/mol. The Labute approximate surface area is 327 Å². The minimum absolute atomic E-state index is 0.593. The van der Waals surface area contributed by atoms with Crippen LogP contribution in [0.4, 0.5) is 0 Å². The first-order valence-electron chi connectivity index (χ1n) is 18.7. The number of benzene rings is 8. The molecular formula is C51H31N3OS. The smallest absolute Gasteiger partial charge is 0.164 e. The van der Waals surface area contributed by atoms with Gasteiger partial charge in [-0.2, -0.15) is 0 Å². The summed E-state index contributed by atoms with van der Waals surface area (Å²) in [5.74, 6) is 1.84. The first-order chi connectivity index (χ1) is 27.7. The van der Waals surface area contributed by atoms with Gasteiger partial charge in [0.15, 0.2) is 17.5 Å². The average Bonchev–Trinajstić information content (AvgIpc) is 3.84. The number of fused-ring (bicyclic) bond motifs is 6. The molecule has 0 unspecified atom stereocenters. The minimum atomic E-state index is 0.593. The molecule has 0 aliphatic rings. The Morgan fingerprint density at radius 3 is 1.57 bits per heavy atom. The molecule has 5 heteroatoms. The van der Waals surface area contributed by atoms with Crippen LogP contribution in [0, 0.1) is 0 Å². The van der Waals surface area contributed by atoms with E-state index >= 15 is 0 Å². The maximum atomic E-state index is 6.52. The minimum Gasteiger partial charge on any atom is -0.456 e. The molecule has 0 atom stereocenters. The van der Waals surface area contributed by atoms with Crippen LogP contribution in [0.2, 0.25) is 0 Å². The second-order valence-corrected chi connectivity index (χ2v) is 15.1. The number of rotatable bonds is 6. The fourth-order valence-corrected chi connectivity index (χ4v) is 8.92. The molecule has 0 saturated heterocycles. The van der Waals surface area contributed by atoms with Gasteiger partial charge >= 0.3 is 0 Å². The van der Waals surface area contributed by atoms with Crippen molar-refractivity contribution in [2.24, 2.45) is 0 Å². The number of hydrogen-bond acceptors (Lipinski definition) is 5. The summed E-state index contributed by atoms with van der Waals surface area (Å²) in [5, 5.41) is 4.69. The molecule has 262 valence electrons. The lowest BCUT2D eigenvalue weighted by Gasteiger charge is -2.09. The molecule has 0 saturated carbocycles.